The van der Waals surface area contributed by atoms with Gasteiger partial charge in [-0.1, -0.05) is 25.4 Å². The molecule has 8 heteroatoms. The quantitative estimate of drug-likeness (QED) is 0.785. The van der Waals surface area contributed by atoms with Gasteiger partial charge in [0.05, 0.1) is 18.3 Å². The number of β-amino-alcohol motifs (C(OH)–C–C–N with tert-alkyl or cyclic N) is 1. The van der Waals surface area contributed by atoms with Crippen molar-refractivity contribution in [1.29, 1.82) is 0 Å². The van der Waals surface area contributed by atoms with E-state index < -0.39 is 6.10 Å². The van der Waals surface area contributed by atoms with E-state index in [4.69, 9.17) is 11.6 Å². The summed E-state index contributed by atoms with van der Waals surface area (Å²) < 4.78 is 1.72. The highest BCUT2D eigenvalue weighted by molar-refractivity contribution is 6.32. The molecule has 3 N–H and O–H groups in total. The molecule has 2 atom stereocenters. The van der Waals surface area contributed by atoms with Crippen molar-refractivity contribution in [3.8, 4) is 0 Å². The summed E-state index contributed by atoms with van der Waals surface area (Å²) in [6.45, 7) is 5.52. The molecule has 0 unspecified atom stereocenters. The average Bonchev–Trinajstić information content (AvgIpc) is 2.79. The van der Waals surface area contributed by atoms with Gasteiger partial charge in [-0.2, -0.15) is 0 Å². The van der Waals surface area contributed by atoms with Crippen LogP contribution in [-0.4, -0.2) is 49.9 Å². The van der Waals surface area contributed by atoms with E-state index in [2.05, 4.69) is 25.7 Å². The summed E-state index contributed by atoms with van der Waals surface area (Å²) in [6, 6.07) is -0.0507. The smallest absolute Gasteiger partial charge is 0.241 e. The monoisotopic (exact) mass is 310 g/mol. The number of nitrogens with one attached hydrogen (secondary N) is 2. The third-order valence-corrected chi connectivity index (χ3v) is 3.93. The number of halogens is 1. The van der Waals surface area contributed by atoms with Gasteiger partial charge in [0.25, 0.3) is 0 Å². The lowest BCUT2D eigenvalue weighted by molar-refractivity contribution is 0.128. The molecule has 1 saturated heterocycles. The second kappa shape index (κ2) is 5.75. The molecule has 0 saturated carbocycles. The van der Waals surface area contributed by atoms with Gasteiger partial charge in [-0.05, 0) is 13.0 Å². The van der Waals surface area contributed by atoms with Crippen molar-refractivity contribution in [1.82, 2.24) is 24.9 Å². The molecule has 0 spiro atoms. The SMILES string of the molecule is CC(C)c1nc(Cl)c2cnc(N[C@@H]3CCNC[C@H]3O)nn12. The molecule has 2 aromatic heterocycles. The van der Waals surface area contributed by atoms with Crippen LogP contribution in [0.4, 0.5) is 5.95 Å². The second-order valence-corrected chi connectivity index (χ2v) is 5.96. The summed E-state index contributed by atoms with van der Waals surface area (Å²) in [7, 11) is 0. The van der Waals surface area contributed by atoms with E-state index in [0.717, 1.165) is 18.8 Å². The van der Waals surface area contributed by atoms with E-state index in [-0.39, 0.29) is 12.0 Å². The molecule has 0 radical (unpaired) electrons. The first-order valence-corrected chi connectivity index (χ1v) is 7.50. The molecule has 21 heavy (non-hydrogen) atoms. The molecule has 0 aromatic carbocycles. The minimum absolute atomic E-state index is 0.0507. The van der Waals surface area contributed by atoms with Crippen LogP contribution in [0.2, 0.25) is 5.15 Å². The van der Waals surface area contributed by atoms with Crippen molar-refractivity contribution in [2.75, 3.05) is 18.4 Å². The number of imidazole rings is 1. The number of anilines is 1. The maximum Gasteiger partial charge on any atom is 0.241 e. The van der Waals surface area contributed by atoms with E-state index in [1.165, 1.54) is 0 Å². The van der Waals surface area contributed by atoms with Crippen molar-refractivity contribution in [2.45, 2.75) is 38.3 Å². The second-order valence-electron chi connectivity index (χ2n) is 5.61. The van der Waals surface area contributed by atoms with Gasteiger partial charge in [-0.3, -0.25) is 0 Å². The molecule has 1 aliphatic rings. The number of aromatic nitrogens is 4. The first-order chi connectivity index (χ1) is 10.1. The number of nitrogens with zero attached hydrogens (tertiary/aromatic N) is 4. The minimum atomic E-state index is -0.450. The highest BCUT2D eigenvalue weighted by Gasteiger charge is 2.24. The van der Waals surface area contributed by atoms with Crippen molar-refractivity contribution >= 4 is 23.1 Å². The van der Waals surface area contributed by atoms with Gasteiger partial charge in [0.15, 0.2) is 5.15 Å². The average molecular weight is 311 g/mol. The molecule has 1 aliphatic heterocycles. The predicted molar refractivity (Wildman–Crippen MR) is 80.8 cm³/mol. The van der Waals surface area contributed by atoms with Crippen LogP contribution >= 0.6 is 11.6 Å². The molecule has 3 rings (SSSR count). The lowest BCUT2D eigenvalue weighted by Crippen LogP contribution is -2.47. The summed E-state index contributed by atoms with van der Waals surface area (Å²) in [6.07, 6.45) is 2.03. The van der Waals surface area contributed by atoms with Crippen molar-refractivity contribution < 1.29 is 5.11 Å². The normalized spacial score (nSPS) is 22.9. The summed E-state index contributed by atoms with van der Waals surface area (Å²) in [5, 5.41) is 21.2. The summed E-state index contributed by atoms with van der Waals surface area (Å²) >= 11 is 6.11. The van der Waals surface area contributed by atoms with Crippen molar-refractivity contribution in [2.24, 2.45) is 0 Å². The molecule has 3 heterocycles. The maximum atomic E-state index is 9.97. The Labute approximate surface area is 127 Å². The largest absolute Gasteiger partial charge is 0.390 e. The maximum absolute atomic E-state index is 9.97. The number of fused-ring (bicyclic) bond motifs is 1. The Bertz CT molecular complexity index is 643. The molecule has 114 valence electrons. The highest BCUT2D eigenvalue weighted by atomic mass is 35.5. The molecule has 0 bridgehead atoms. The fraction of sp³-hybridized carbons (Fsp3) is 0.615. The summed E-state index contributed by atoms with van der Waals surface area (Å²) in [5.74, 6) is 1.48. The van der Waals surface area contributed by atoms with Gasteiger partial charge in [-0.15, -0.1) is 5.10 Å². The van der Waals surface area contributed by atoms with Crippen LogP contribution in [0.5, 0.6) is 0 Å². The van der Waals surface area contributed by atoms with Crippen LogP contribution in [0, 0.1) is 0 Å². The number of piperidine rings is 1. The molecular formula is C13H19ClN6O. The Kier molecular flexibility index (Phi) is 3.97. The van der Waals surface area contributed by atoms with Gasteiger partial charge in [-0.25, -0.2) is 14.5 Å². The van der Waals surface area contributed by atoms with E-state index >= 15 is 0 Å². The lowest BCUT2D eigenvalue weighted by atomic mass is 10.0. The van der Waals surface area contributed by atoms with Gasteiger partial charge in [0.1, 0.15) is 11.3 Å². The Balaban J connectivity index is 1.91. The summed E-state index contributed by atoms with van der Waals surface area (Å²) in [4.78, 5) is 8.60. The Hall–Kier alpha value is -1.44. The standard InChI is InChI=1S/C13H19ClN6O/c1-7(2)12-18-11(14)9-5-16-13(19-20(9)12)17-8-3-4-15-6-10(8)21/h5,7-8,10,15,21H,3-4,6H2,1-2H3,(H,17,19)/t8-,10-/m1/s1. The zero-order valence-electron chi connectivity index (χ0n) is 12.0. The van der Waals surface area contributed by atoms with Crippen molar-refractivity contribution in [3.05, 3.63) is 17.2 Å². The fourth-order valence-corrected chi connectivity index (χ4v) is 2.70. The van der Waals surface area contributed by atoms with Crippen LogP contribution in [-0.2, 0) is 0 Å². The lowest BCUT2D eigenvalue weighted by Gasteiger charge is -2.28. The van der Waals surface area contributed by atoms with Crippen LogP contribution in [0.25, 0.3) is 5.52 Å². The Morgan fingerprint density at radius 1 is 1.52 bits per heavy atom. The molecule has 0 aliphatic carbocycles. The highest BCUT2D eigenvalue weighted by Crippen LogP contribution is 2.22. The number of aliphatic hydroxyl groups is 1. The van der Waals surface area contributed by atoms with E-state index in [1.807, 2.05) is 13.8 Å². The van der Waals surface area contributed by atoms with Gasteiger partial charge < -0.3 is 15.7 Å². The molecule has 7 nitrogen and oxygen atoms in total. The van der Waals surface area contributed by atoms with Gasteiger partial charge in [0, 0.05) is 12.5 Å². The number of aliphatic hydroxyl groups excluding tert-OH is 1. The number of rotatable bonds is 3. The van der Waals surface area contributed by atoms with E-state index in [1.54, 1.807) is 10.7 Å². The van der Waals surface area contributed by atoms with Crippen LogP contribution < -0.4 is 10.6 Å². The Morgan fingerprint density at radius 3 is 3.05 bits per heavy atom. The third kappa shape index (κ3) is 2.81. The van der Waals surface area contributed by atoms with Crippen LogP contribution in [0.15, 0.2) is 6.20 Å². The first kappa shape index (κ1) is 14.5. The zero-order valence-corrected chi connectivity index (χ0v) is 12.8. The van der Waals surface area contributed by atoms with Gasteiger partial charge >= 0.3 is 0 Å². The van der Waals surface area contributed by atoms with Crippen LogP contribution in [0.3, 0.4) is 0 Å². The molecular weight excluding hydrogens is 292 g/mol. The molecule has 1 fully saturated rings. The van der Waals surface area contributed by atoms with E-state index in [0.29, 0.717) is 23.2 Å². The van der Waals surface area contributed by atoms with E-state index in [9.17, 15) is 5.11 Å². The number of hydrogen-bond donors (Lipinski definition) is 3. The fourth-order valence-electron chi connectivity index (χ4n) is 2.49. The molecule has 0 amide bonds. The topological polar surface area (TPSA) is 87.4 Å². The van der Waals surface area contributed by atoms with Gasteiger partial charge in [0.2, 0.25) is 5.95 Å². The third-order valence-electron chi connectivity index (χ3n) is 3.65. The predicted octanol–water partition coefficient (Wildman–Crippen LogP) is 1.04. The summed E-state index contributed by atoms with van der Waals surface area (Å²) in [5.41, 5.74) is 0.691. The zero-order chi connectivity index (χ0) is 15.0. The minimum Gasteiger partial charge on any atom is -0.390 e. The first-order valence-electron chi connectivity index (χ1n) is 7.12. The van der Waals surface area contributed by atoms with Crippen molar-refractivity contribution in [3.63, 3.8) is 0 Å². The Morgan fingerprint density at radius 2 is 2.33 bits per heavy atom. The van der Waals surface area contributed by atoms with Crippen LogP contribution in [0.1, 0.15) is 32.0 Å². The number of hydrogen-bond acceptors (Lipinski definition) is 6. The molecule has 2 aromatic rings.